The third kappa shape index (κ3) is 3.81. The third-order valence-electron chi connectivity index (χ3n) is 5.72. The van der Waals surface area contributed by atoms with Crippen LogP contribution in [0.25, 0.3) is 33.9 Å². The molecule has 1 amide bonds. The first kappa shape index (κ1) is 20.7. The van der Waals surface area contributed by atoms with Gasteiger partial charge in [0.25, 0.3) is 5.91 Å². The van der Waals surface area contributed by atoms with E-state index in [0.717, 1.165) is 34.2 Å². The van der Waals surface area contributed by atoms with Crippen LogP contribution in [0.1, 0.15) is 12.0 Å². The van der Waals surface area contributed by atoms with E-state index in [0.29, 0.717) is 29.6 Å². The molecule has 0 atom stereocenters. The first-order valence-electron chi connectivity index (χ1n) is 10.4. The number of rotatable bonds is 4. The fourth-order valence-electron chi connectivity index (χ4n) is 3.89. The molecule has 4 aromatic rings. The maximum Gasteiger partial charge on any atom is 0.264 e. The molecule has 7 nitrogen and oxygen atoms in total. The van der Waals surface area contributed by atoms with Crippen LogP contribution in [0.2, 0.25) is 5.02 Å². The zero-order valence-electron chi connectivity index (χ0n) is 17.6. The fraction of sp³-hybridized carbons (Fsp3) is 0.120. The molecule has 162 valence electrons. The number of carbonyl (C=O) groups is 1. The number of carbonyl (C=O) groups excluding carboxylic acids is 1. The molecule has 1 aliphatic rings. The summed E-state index contributed by atoms with van der Waals surface area (Å²) in [6.07, 6.45) is 5.99. The van der Waals surface area contributed by atoms with Gasteiger partial charge in [-0.25, -0.2) is 9.97 Å². The lowest BCUT2D eigenvalue weighted by molar-refractivity contribution is -0.129. The van der Waals surface area contributed by atoms with Gasteiger partial charge in [0.1, 0.15) is 23.8 Å². The molecule has 1 saturated heterocycles. The maximum atomic E-state index is 12.5. The van der Waals surface area contributed by atoms with Gasteiger partial charge in [-0.15, -0.1) is 0 Å². The van der Waals surface area contributed by atoms with Crippen LogP contribution in [0.4, 0.5) is 5.82 Å². The number of nitrogens with zero attached hydrogens (tertiary/aromatic N) is 5. The van der Waals surface area contributed by atoms with Crippen LogP contribution in [0.15, 0.2) is 66.6 Å². The van der Waals surface area contributed by atoms with E-state index in [1.807, 2.05) is 65.4 Å². The molecule has 1 fully saturated rings. The van der Waals surface area contributed by atoms with E-state index in [1.54, 1.807) is 11.0 Å². The Bertz CT molecular complexity index is 1440. The number of benzene rings is 2. The van der Waals surface area contributed by atoms with Gasteiger partial charge >= 0.3 is 0 Å². The second-order valence-electron chi connectivity index (χ2n) is 7.79. The van der Waals surface area contributed by atoms with Gasteiger partial charge in [-0.1, -0.05) is 35.9 Å². The molecule has 2 aromatic heterocycles. The number of halogens is 1. The molecule has 0 aliphatic carbocycles. The van der Waals surface area contributed by atoms with E-state index in [4.69, 9.17) is 17.3 Å². The topological polar surface area (TPSA) is 101 Å². The highest BCUT2D eigenvalue weighted by Crippen LogP contribution is 2.35. The first-order chi connectivity index (χ1) is 16.0. The zero-order chi connectivity index (χ0) is 22.9. The SMILES string of the molecule is N#CC(=Cc1cccc(-n2cc(-c3ccc(Cl)cc3)c3c(N)ncnc32)c1)C(=O)N1CCC1. The van der Waals surface area contributed by atoms with E-state index < -0.39 is 0 Å². The quantitative estimate of drug-likeness (QED) is 0.362. The highest BCUT2D eigenvalue weighted by molar-refractivity contribution is 6.30. The van der Waals surface area contributed by atoms with Crippen molar-refractivity contribution in [2.24, 2.45) is 0 Å². The van der Waals surface area contributed by atoms with Crippen molar-refractivity contribution in [2.45, 2.75) is 6.42 Å². The average Bonchev–Trinajstić information content (AvgIpc) is 3.18. The molecule has 1 aliphatic heterocycles. The van der Waals surface area contributed by atoms with Crippen molar-refractivity contribution >= 4 is 40.4 Å². The molecule has 3 heterocycles. The predicted molar refractivity (Wildman–Crippen MR) is 129 cm³/mol. The molecule has 5 rings (SSSR count). The van der Waals surface area contributed by atoms with Crippen LogP contribution in [-0.2, 0) is 4.79 Å². The van der Waals surface area contributed by atoms with Gasteiger partial charge in [0.2, 0.25) is 0 Å². The summed E-state index contributed by atoms with van der Waals surface area (Å²) >= 11 is 6.07. The Kier molecular flexibility index (Phi) is 5.29. The van der Waals surface area contributed by atoms with Crippen LogP contribution in [0.3, 0.4) is 0 Å². The first-order valence-corrected chi connectivity index (χ1v) is 10.8. The van der Waals surface area contributed by atoms with Gasteiger partial charge in [-0.3, -0.25) is 4.79 Å². The van der Waals surface area contributed by atoms with Crippen LogP contribution >= 0.6 is 11.6 Å². The Morgan fingerprint density at radius 1 is 1.15 bits per heavy atom. The van der Waals surface area contributed by atoms with Crippen molar-refractivity contribution in [3.63, 3.8) is 0 Å². The van der Waals surface area contributed by atoms with Crippen molar-refractivity contribution < 1.29 is 4.79 Å². The van der Waals surface area contributed by atoms with Gasteiger partial charge in [-0.2, -0.15) is 5.26 Å². The van der Waals surface area contributed by atoms with Crippen molar-refractivity contribution in [3.8, 4) is 22.9 Å². The van der Waals surface area contributed by atoms with Gasteiger partial charge in [-0.05, 0) is 47.9 Å². The summed E-state index contributed by atoms with van der Waals surface area (Å²) in [7, 11) is 0. The molecule has 33 heavy (non-hydrogen) atoms. The molecule has 2 N–H and O–H groups in total. The highest BCUT2D eigenvalue weighted by atomic mass is 35.5. The minimum absolute atomic E-state index is 0.123. The number of likely N-dealkylation sites (tertiary alicyclic amines) is 1. The molecule has 0 bridgehead atoms. The summed E-state index contributed by atoms with van der Waals surface area (Å²) in [5.74, 6) is 0.151. The van der Waals surface area contributed by atoms with E-state index in [2.05, 4.69) is 9.97 Å². The Hall–Kier alpha value is -4.15. The van der Waals surface area contributed by atoms with E-state index in [1.165, 1.54) is 6.33 Å². The lowest BCUT2D eigenvalue weighted by Crippen LogP contribution is -2.42. The zero-order valence-corrected chi connectivity index (χ0v) is 18.3. The summed E-state index contributed by atoms with van der Waals surface area (Å²) < 4.78 is 1.93. The summed E-state index contributed by atoms with van der Waals surface area (Å²) in [5.41, 5.74) is 10.4. The number of aromatic nitrogens is 3. The number of amides is 1. The van der Waals surface area contributed by atoms with E-state index in [9.17, 15) is 10.1 Å². The van der Waals surface area contributed by atoms with Gasteiger partial charge < -0.3 is 15.2 Å². The molecule has 2 aromatic carbocycles. The third-order valence-corrected chi connectivity index (χ3v) is 5.97. The molecular weight excluding hydrogens is 436 g/mol. The number of nitrogen functional groups attached to an aromatic ring is 1. The maximum absolute atomic E-state index is 12.5. The normalized spacial score (nSPS) is 13.6. The highest BCUT2D eigenvalue weighted by Gasteiger charge is 2.23. The summed E-state index contributed by atoms with van der Waals surface area (Å²) in [6.45, 7) is 1.39. The number of hydrogen-bond donors (Lipinski definition) is 1. The standard InChI is InChI=1S/C25H19ClN6O/c26-19-7-5-17(6-8-19)21-14-32(24-22(21)23(28)29-15-30-24)20-4-1-3-16(12-20)11-18(13-27)25(33)31-9-2-10-31/h1,3-8,11-12,14-15H,2,9-10H2,(H2,28,29,30). The Balaban J connectivity index is 1.61. The average molecular weight is 455 g/mol. The minimum atomic E-state index is -0.230. The molecule has 0 unspecified atom stereocenters. The van der Waals surface area contributed by atoms with E-state index in [-0.39, 0.29) is 11.5 Å². The summed E-state index contributed by atoms with van der Waals surface area (Å²) in [6, 6.07) is 17.1. The summed E-state index contributed by atoms with van der Waals surface area (Å²) in [4.78, 5) is 22.8. The summed E-state index contributed by atoms with van der Waals surface area (Å²) in [5, 5.41) is 10.9. The second kappa shape index (κ2) is 8.41. The second-order valence-corrected chi connectivity index (χ2v) is 8.22. The van der Waals surface area contributed by atoms with E-state index >= 15 is 0 Å². The van der Waals surface area contributed by atoms with Crippen LogP contribution in [0, 0.1) is 11.3 Å². The Labute approximate surface area is 195 Å². The van der Waals surface area contributed by atoms with Crippen LogP contribution in [-0.4, -0.2) is 38.4 Å². The molecule has 0 radical (unpaired) electrons. The van der Waals surface area contributed by atoms with Crippen LogP contribution in [0.5, 0.6) is 0 Å². The van der Waals surface area contributed by atoms with Gasteiger partial charge in [0.05, 0.1) is 5.39 Å². The van der Waals surface area contributed by atoms with Crippen molar-refractivity contribution in [1.82, 2.24) is 19.4 Å². The molecule has 8 heteroatoms. The number of anilines is 1. The fourth-order valence-corrected chi connectivity index (χ4v) is 4.02. The van der Waals surface area contributed by atoms with Crippen molar-refractivity contribution in [3.05, 3.63) is 77.2 Å². The predicted octanol–water partition coefficient (Wildman–Crippen LogP) is 4.46. The van der Waals surface area contributed by atoms with Gasteiger partial charge in [0, 0.05) is 35.6 Å². The van der Waals surface area contributed by atoms with Crippen molar-refractivity contribution in [2.75, 3.05) is 18.8 Å². The molecule has 0 saturated carbocycles. The minimum Gasteiger partial charge on any atom is -0.383 e. The smallest absolute Gasteiger partial charge is 0.264 e. The lowest BCUT2D eigenvalue weighted by atomic mass is 10.1. The number of fused-ring (bicyclic) bond motifs is 1. The molecular formula is C25H19ClN6O. The van der Waals surface area contributed by atoms with Crippen molar-refractivity contribution in [1.29, 1.82) is 5.26 Å². The Morgan fingerprint density at radius 3 is 2.64 bits per heavy atom. The number of nitriles is 1. The molecule has 0 spiro atoms. The number of hydrogen-bond acceptors (Lipinski definition) is 5. The monoisotopic (exact) mass is 454 g/mol. The number of nitrogens with two attached hydrogens (primary N) is 1. The van der Waals surface area contributed by atoms with Gasteiger partial charge in [0.15, 0.2) is 5.65 Å². The van der Waals surface area contributed by atoms with Crippen LogP contribution < -0.4 is 5.73 Å². The lowest BCUT2D eigenvalue weighted by Gasteiger charge is -2.30. The Morgan fingerprint density at radius 2 is 1.94 bits per heavy atom. The largest absolute Gasteiger partial charge is 0.383 e.